The van der Waals surface area contributed by atoms with Gasteiger partial charge in [0.1, 0.15) is 5.75 Å². The molecule has 2 N–H and O–H groups in total. The standard InChI is InChI=1S/C17H21NO/c1-2-19-16-11-9-15(10-12-16)17(18)13-8-14-6-4-3-5-7-14/h3-7,9-12,17H,2,8,13,18H2,1H3. The average Bonchev–Trinajstić information content (AvgIpc) is 2.47. The monoisotopic (exact) mass is 255 g/mol. The van der Waals surface area contributed by atoms with Crippen LogP contribution in [-0.4, -0.2) is 6.61 Å². The lowest BCUT2D eigenvalue weighted by Crippen LogP contribution is -2.11. The molecule has 2 aromatic rings. The predicted molar refractivity (Wildman–Crippen MR) is 79.3 cm³/mol. The summed E-state index contributed by atoms with van der Waals surface area (Å²) in [4.78, 5) is 0. The highest BCUT2D eigenvalue weighted by Gasteiger charge is 2.06. The van der Waals surface area contributed by atoms with E-state index in [1.807, 2.05) is 25.1 Å². The summed E-state index contributed by atoms with van der Waals surface area (Å²) in [5, 5.41) is 0. The van der Waals surface area contributed by atoms with E-state index in [1.54, 1.807) is 0 Å². The number of nitrogens with two attached hydrogens (primary N) is 1. The van der Waals surface area contributed by atoms with Crippen LogP contribution >= 0.6 is 0 Å². The lowest BCUT2D eigenvalue weighted by molar-refractivity contribution is 0.340. The van der Waals surface area contributed by atoms with E-state index in [0.29, 0.717) is 6.61 Å². The summed E-state index contributed by atoms with van der Waals surface area (Å²) in [6.45, 7) is 2.68. The number of rotatable bonds is 6. The van der Waals surface area contributed by atoms with E-state index in [4.69, 9.17) is 10.5 Å². The predicted octanol–water partition coefficient (Wildman–Crippen LogP) is 3.72. The van der Waals surface area contributed by atoms with Crippen LogP contribution in [0.1, 0.15) is 30.5 Å². The molecule has 2 nitrogen and oxygen atoms in total. The van der Waals surface area contributed by atoms with Gasteiger partial charge in [0.05, 0.1) is 6.61 Å². The topological polar surface area (TPSA) is 35.2 Å². The van der Waals surface area contributed by atoms with Gasteiger partial charge < -0.3 is 10.5 Å². The van der Waals surface area contributed by atoms with E-state index >= 15 is 0 Å². The first kappa shape index (κ1) is 13.6. The molecule has 0 aliphatic carbocycles. The van der Waals surface area contributed by atoms with Crippen molar-refractivity contribution in [1.29, 1.82) is 0 Å². The molecule has 0 spiro atoms. The third kappa shape index (κ3) is 4.11. The summed E-state index contributed by atoms with van der Waals surface area (Å²) < 4.78 is 5.43. The number of hydrogen-bond acceptors (Lipinski definition) is 2. The van der Waals surface area contributed by atoms with Gasteiger partial charge >= 0.3 is 0 Å². The molecular formula is C17H21NO. The fourth-order valence-corrected chi connectivity index (χ4v) is 2.11. The van der Waals surface area contributed by atoms with Crippen LogP contribution in [0.5, 0.6) is 5.75 Å². The van der Waals surface area contributed by atoms with Gasteiger partial charge in [0.15, 0.2) is 0 Å². The highest BCUT2D eigenvalue weighted by atomic mass is 16.5. The second-order valence-corrected chi connectivity index (χ2v) is 4.63. The van der Waals surface area contributed by atoms with Gasteiger partial charge in [-0.1, -0.05) is 42.5 Å². The lowest BCUT2D eigenvalue weighted by atomic mass is 10.00. The summed E-state index contributed by atoms with van der Waals surface area (Å²) in [6, 6.07) is 18.6. The minimum absolute atomic E-state index is 0.0795. The minimum Gasteiger partial charge on any atom is -0.494 e. The molecule has 0 fully saturated rings. The van der Waals surface area contributed by atoms with Crippen molar-refractivity contribution in [1.82, 2.24) is 0 Å². The van der Waals surface area contributed by atoms with Crippen LogP contribution in [-0.2, 0) is 6.42 Å². The molecular weight excluding hydrogens is 234 g/mol. The zero-order chi connectivity index (χ0) is 13.5. The molecule has 0 radical (unpaired) electrons. The Bertz CT molecular complexity index is 478. The molecule has 19 heavy (non-hydrogen) atoms. The first-order valence-electron chi connectivity index (χ1n) is 6.82. The quantitative estimate of drug-likeness (QED) is 0.854. The van der Waals surface area contributed by atoms with Crippen molar-refractivity contribution in [2.24, 2.45) is 5.73 Å². The van der Waals surface area contributed by atoms with Gasteiger partial charge in [-0.25, -0.2) is 0 Å². The molecule has 0 bridgehead atoms. The van der Waals surface area contributed by atoms with Crippen LogP contribution in [0.2, 0.25) is 0 Å². The SMILES string of the molecule is CCOc1ccc(C(N)CCc2ccccc2)cc1. The third-order valence-corrected chi connectivity index (χ3v) is 3.21. The number of hydrogen-bond donors (Lipinski definition) is 1. The van der Waals surface area contributed by atoms with E-state index in [1.165, 1.54) is 11.1 Å². The van der Waals surface area contributed by atoms with Crippen LogP contribution < -0.4 is 10.5 Å². The Kier molecular flexibility index (Phi) is 4.99. The second-order valence-electron chi connectivity index (χ2n) is 4.63. The van der Waals surface area contributed by atoms with Gasteiger partial charge in [0.25, 0.3) is 0 Å². The molecule has 0 heterocycles. The zero-order valence-corrected chi connectivity index (χ0v) is 11.4. The Labute approximate surface area is 115 Å². The maximum Gasteiger partial charge on any atom is 0.119 e. The van der Waals surface area contributed by atoms with Crippen LogP contribution in [0, 0.1) is 0 Å². The van der Waals surface area contributed by atoms with Crippen molar-refractivity contribution in [2.45, 2.75) is 25.8 Å². The largest absolute Gasteiger partial charge is 0.494 e. The molecule has 2 heteroatoms. The van der Waals surface area contributed by atoms with Crippen molar-refractivity contribution in [3.63, 3.8) is 0 Å². The van der Waals surface area contributed by atoms with E-state index < -0.39 is 0 Å². The molecule has 0 aliphatic heterocycles. The zero-order valence-electron chi connectivity index (χ0n) is 11.4. The summed E-state index contributed by atoms with van der Waals surface area (Å²) in [7, 11) is 0. The first-order chi connectivity index (χ1) is 9.29. The van der Waals surface area contributed by atoms with Gasteiger partial charge in [-0.15, -0.1) is 0 Å². The molecule has 0 saturated heterocycles. The highest BCUT2D eigenvalue weighted by molar-refractivity contribution is 5.29. The summed E-state index contributed by atoms with van der Waals surface area (Å²) in [5.41, 5.74) is 8.73. The molecule has 0 saturated carbocycles. The minimum atomic E-state index is 0.0795. The van der Waals surface area contributed by atoms with Crippen molar-refractivity contribution in [2.75, 3.05) is 6.61 Å². The Morgan fingerprint density at radius 1 is 1.00 bits per heavy atom. The van der Waals surface area contributed by atoms with Gasteiger partial charge in [-0.2, -0.15) is 0 Å². The molecule has 2 aromatic carbocycles. The highest BCUT2D eigenvalue weighted by Crippen LogP contribution is 2.20. The Hall–Kier alpha value is -1.80. The van der Waals surface area contributed by atoms with Crippen molar-refractivity contribution < 1.29 is 4.74 Å². The Balaban J connectivity index is 1.90. The normalized spacial score (nSPS) is 12.1. The fourth-order valence-electron chi connectivity index (χ4n) is 2.11. The van der Waals surface area contributed by atoms with Crippen LogP contribution in [0.15, 0.2) is 54.6 Å². The smallest absolute Gasteiger partial charge is 0.119 e. The number of benzene rings is 2. The van der Waals surface area contributed by atoms with E-state index in [9.17, 15) is 0 Å². The van der Waals surface area contributed by atoms with Crippen LogP contribution in [0.25, 0.3) is 0 Å². The van der Waals surface area contributed by atoms with Gasteiger partial charge in [0.2, 0.25) is 0 Å². The number of aryl methyl sites for hydroxylation is 1. The maximum absolute atomic E-state index is 6.23. The van der Waals surface area contributed by atoms with Crippen molar-refractivity contribution in [3.05, 3.63) is 65.7 Å². The Morgan fingerprint density at radius 2 is 1.68 bits per heavy atom. The average molecular weight is 255 g/mol. The van der Waals surface area contributed by atoms with Gasteiger partial charge in [0, 0.05) is 6.04 Å². The molecule has 100 valence electrons. The second kappa shape index (κ2) is 6.95. The third-order valence-electron chi connectivity index (χ3n) is 3.21. The molecule has 0 amide bonds. The van der Waals surface area contributed by atoms with Crippen molar-refractivity contribution in [3.8, 4) is 5.75 Å². The lowest BCUT2D eigenvalue weighted by Gasteiger charge is -2.13. The van der Waals surface area contributed by atoms with Gasteiger partial charge in [-0.05, 0) is 43.0 Å². The van der Waals surface area contributed by atoms with E-state index in [0.717, 1.165) is 18.6 Å². The van der Waals surface area contributed by atoms with Crippen molar-refractivity contribution >= 4 is 0 Å². The number of ether oxygens (including phenoxy) is 1. The van der Waals surface area contributed by atoms with E-state index in [2.05, 4.69) is 36.4 Å². The fraction of sp³-hybridized carbons (Fsp3) is 0.294. The molecule has 1 atom stereocenters. The maximum atomic E-state index is 6.23. The summed E-state index contributed by atoms with van der Waals surface area (Å²) >= 11 is 0. The summed E-state index contributed by atoms with van der Waals surface area (Å²) in [5.74, 6) is 0.904. The molecule has 1 unspecified atom stereocenters. The van der Waals surface area contributed by atoms with Crippen LogP contribution in [0.3, 0.4) is 0 Å². The van der Waals surface area contributed by atoms with Crippen LogP contribution in [0.4, 0.5) is 0 Å². The molecule has 0 aliphatic rings. The van der Waals surface area contributed by atoms with Gasteiger partial charge in [-0.3, -0.25) is 0 Å². The molecule has 2 rings (SSSR count). The first-order valence-corrected chi connectivity index (χ1v) is 6.82. The molecule has 0 aromatic heterocycles. The Morgan fingerprint density at radius 3 is 2.32 bits per heavy atom. The summed E-state index contributed by atoms with van der Waals surface area (Å²) in [6.07, 6.45) is 1.97. The van der Waals surface area contributed by atoms with E-state index in [-0.39, 0.29) is 6.04 Å².